The standard InChI is InChI=1S/C11H21N3O2/c1-4-11(6-15,7-16)12-5-10-8(2)13-14-9(10)3/h12,15-16H,4-7H2,1-3H3,(H,13,14). The SMILES string of the molecule is CCC(CO)(CO)NCc1c(C)n[nH]c1C. The van der Waals surface area contributed by atoms with E-state index >= 15 is 0 Å². The predicted molar refractivity (Wildman–Crippen MR) is 62.1 cm³/mol. The molecule has 0 saturated heterocycles. The molecule has 4 N–H and O–H groups in total. The zero-order chi connectivity index (χ0) is 12.2. The second kappa shape index (κ2) is 5.43. The largest absolute Gasteiger partial charge is 0.394 e. The number of aromatic amines is 1. The molecule has 0 amide bonds. The van der Waals surface area contributed by atoms with Gasteiger partial charge in [-0.3, -0.25) is 5.10 Å². The lowest BCUT2D eigenvalue weighted by Gasteiger charge is -2.29. The van der Waals surface area contributed by atoms with E-state index in [4.69, 9.17) is 0 Å². The maximum Gasteiger partial charge on any atom is 0.0648 e. The van der Waals surface area contributed by atoms with Gasteiger partial charge in [0.2, 0.25) is 0 Å². The Morgan fingerprint density at radius 2 is 1.94 bits per heavy atom. The second-order valence-electron chi connectivity index (χ2n) is 4.22. The van der Waals surface area contributed by atoms with Crippen LogP contribution in [0.4, 0.5) is 0 Å². The van der Waals surface area contributed by atoms with Crippen LogP contribution in [0.15, 0.2) is 0 Å². The van der Waals surface area contributed by atoms with Crippen molar-refractivity contribution in [2.45, 2.75) is 39.3 Å². The molecular formula is C11H21N3O2. The Bertz CT molecular complexity index is 304. The summed E-state index contributed by atoms with van der Waals surface area (Å²) < 4.78 is 0. The van der Waals surface area contributed by atoms with Crippen molar-refractivity contribution in [3.8, 4) is 0 Å². The smallest absolute Gasteiger partial charge is 0.0648 e. The van der Waals surface area contributed by atoms with E-state index in [1.54, 1.807) is 0 Å². The molecule has 0 radical (unpaired) electrons. The van der Waals surface area contributed by atoms with Crippen LogP contribution < -0.4 is 5.32 Å². The van der Waals surface area contributed by atoms with Crippen LogP contribution in [0, 0.1) is 13.8 Å². The highest BCUT2D eigenvalue weighted by Gasteiger charge is 2.26. The molecule has 0 bridgehead atoms. The fraction of sp³-hybridized carbons (Fsp3) is 0.727. The first-order valence-corrected chi connectivity index (χ1v) is 5.55. The Morgan fingerprint density at radius 3 is 2.31 bits per heavy atom. The minimum absolute atomic E-state index is 0.0735. The molecule has 1 rings (SSSR count). The van der Waals surface area contributed by atoms with E-state index in [0.29, 0.717) is 13.0 Å². The van der Waals surface area contributed by atoms with Crippen LogP contribution in [-0.2, 0) is 6.54 Å². The molecule has 5 nitrogen and oxygen atoms in total. The molecular weight excluding hydrogens is 206 g/mol. The van der Waals surface area contributed by atoms with Gasteiger partial charge in [-0.25, -0.2) is 0 Å². The fourth-order valence-electron chi connectivity index (χ4n) is 1.62. The van der Waals surface area contributed by atoms with Gasteiger partial charge in [-0.2, -0.15) is 5.10 Å². The van der Waals surface area contributed by atoms with Gasteiger partial charge in [0.1, 0.15) is 0 Å². The summed E-state index contributed by atoms with van der Waals surface area (Å²) in [5, 5.41) is 28.8. The summed E-state index contributed by atoms with van der Waals surface area (Å²) in [6, 6.07) is 0. The van der Waals surface area contributed by atoms with E-state index in [1.807, 2.05) is 20.8 Å². The molecule has 0 fully saturated rings. The molecule has 5 heteroatoms. The first-order chi connectivity index (χ1) is 7.58. The van der Waals surface area contributed by atoms with Crippen LogP contribution >= 0.6 is 0 Å². The maximum atomic E-state index is 9.30. The summed E-state index contributed by atoms with van der Waals surface area (Å²) in [5.74, 6) is 0. The number of hydrogen-bond acceptors (Lipinski definition) is 4. The van der Waals surface area contributed by atoms with Gasteiger partial charge in [0.15, 0.2) is 0 Å². The lowest BCUT2D eigenvalue weighted by Crippen LogP contribution is -2.50. The zero-order valence-corrected chi connectivity index (χ0v) is 10.2. The van der Waals surface area contributed by atoms with Gasteiger partial charge in [0.25, 0.3) is 0 Å². The summed E-state index contributed by atoms with van der Waals surface area (Å²) in [5.41, 5.74) is 2.47. The van der Waals surface area contributed by atoms with Crippen molar-refractivity contribution < 1.29 is 10.2 Å². The number of rotatable bonds is 6. The summed E-state index contributed by atoms with van der Waals surface area (Å²) in [4.78, 5) is 0. The first kappa shape index (κ1) is 13.2. The van der Waals surface area contributed by atoms with Gasteiger partial charge in [-0.15, -0.1) is 0 Å². The number of aryl methyl sites for hydroxylation is 2. The third kappa shape index (κ3) is 2.61. The van der Waals surface area contributed by atoms with Crippen molar-refractivity contribution in [2.24, 2.45) is 0 Å². The molecule has 0 unspecified atom stereocenters. The molecule has 16 heavy (non-hydrogen) atoms. The lowest BCUT2D eigenvalue weighted by atomic mass is 9.98. The van der Waals surface area contributed by atoms with E-state index in [-0.39, 0.29) is 13.2 Å². The van der Waals surface area contributed by atoms with Crippen LogP contribution in [0.2, 0.25) is 0 Å². The highest BCUT2D eigenvalue weighted by atomic mass is 16.3. The number of nitrogens with zero attached hydrogens (tertiary/aromatic N) is 1. The molecule has 0 aromatic carbocycles. The summed E-state index contributed by atoms with van der Waals surface area (Å²) in [6.07, 6.45) is 0.677. The predicted octanol–water partition coefficient (Wildman–Crippen LogP) is 0.250. The molecule has 0 atom stereocenters. The van der Waals surface area contributed by atoms with E-state index in [9.17, 15) is 10.2 Å². The lowest BCUT2D eigenvalue weighted by molar-refractivity contribution is 0.0863. The van der Waals surface area contributed by atoms with Crippen molar-refractivity contribution >= 4 is 0 Å². The van der Waals surface area contributed by atoms with Crippen molar-refractivity contribution in [1.29, 1.82) is 0 Å². The van der Waals surface area contributed by atoms with E-state index in [0.717, 1.165) is 17.0 Å². The van der Waals surface area contributed by atoms with Gasteiger partial charge in [-0.05, 0) is 20.3 Å². The molecule has 0 aliphatic rings. The van der Waals surface area contributed by atoms with Gasteiger partial charge < -0.3 is 15.5 Å². The molecule has 1 aromatic rings. The Balaban J connectivity index is 2.69. The fourth-order valence-corrected chi connectivity index (χ4v) is 1.62. The molecule has 92 valence electrons. The number of aliphatic hydroxyl groups excluding tert-OH is 2. The second-order valence-corrected chi connectivity index (χ2v) is 4.22. The summed E-state index contributed by atoms with van der Waals surface area (Å²) >= 11 is 0. The van der Waals surface area contributed by atoms with Gasteiger partial charge in [0, 0.05) is 17.8 Å². The van der Waals surface area contributed by atoms with Crippen LogP contribution in [-0.4, -0.2) is 39.2 Å². The molecule has 1 heterocycles. The van der Waals surface area contributed by atoms with Gasteiger partial charge >= 0.3 is 0 Å². The molecule has 0 aliphatic heterocycles. The van der Waals surface area contributed by atoms with Crippen LogP contribution in [0.5, 0.6) is 0 Å². The third-order valence-electron chi connectivity index (χ3n) is 3.20. The maximum absolute atomic E-state index is 9.30. The van der Waals surface area contributed by atoms with Crippen molar-refractivity contribution in [3.05, 3.63) is 17.0 Å². The Hall–Kier alpha value is -0.910. The molecule has 0 saturated carbocycles. The number of aliphatic hydroxyl groups is 2. The Kier molecular flexibility index (Phi) is 4.46. The minimum atomic E-state index is -0.601. The average Bonchev–Trinajstić information content (AvgIpc) is 2.62. The Labute approximate surface area is 95.9 Å². The molecule has 0 spiro atoms. The van der Waals surface area contributed by atoms with Gasteiger partial charge in [0.05, 0.1) is 24.4 Å². The summed E-state index contributed by atoms with van der Waals surface area (Å²) in [7, 11) is 0. The Morgan fingerprint density at radius 1 is 1.31 bits per heavy atom. The van der Waals surface area contributed by atoms with Crippen molar-refractivity contribution in [1.82, 2.24) is 15.5 Å². The van der Waals surface area contributed by atoms with Crippen LogP contribution in [0.25, 0.3) is 0 Å². The van der Waals surface area contributed by atoms with Crippen molar-refractivity contribution in [3.63, 3.8) is 0 Å². The number of H-pyrrole nitrogens is 1. The van der Waals surface area contributed by atoms with Crippen LogP contribution in [0.1, 0.15) is 30.3 Å². The van der Waals surface area contributed by atoms with E-state index in [1.165, 1.54) is 0 Å². The van der Waals surface area contributed by atoms with Gasteiger partial charge in [-0.1, -0.05) is 6.92 Å². The topological polar surface area (TPSA) is 81.2 Å². The van der Waals surface area contributed by atoms with E-state index < -0.39 is 5.54 Å². The number of hydrogen-bond donors (Lipinski definition) is 4. The zero-order valence-electron chi connectivity index (χ0n) is 10.2. The number of aromatic nitrogens is 2. The first-order valence-electron chi connectivity index (χ1n) is 5.55. The molecule has 0 aliphatic carbocycles. The van der Waals surface area contributed by atoms with Crippen LogP contribution in [0.3, 0.4) is 0 Å². The minimum Gasteiger partial charge on any atom is -0.394 e. The highest BCUT2D eigenvalue weighted by molar-refractivity contribution is 5.23. The normalized spacial score (nSPS) is 12.1. The van der Waals surface area contributed by atoms with E-state index in [2.05, 4.69) is 15.5 Å². The monoisotopic (exact) mass is 227 g/mol. The average molecular weight is 227 g/mol. The summed E-state index contributed by atoms with van der Waals surface area (Å²) in [6.45, 7) is 6.29. The third-order valence-corrected chi connectivity index (χ3v) is 3.20. The highest BCUT2D eigenvalue weighted by Crippen LogP contribution is 2.13. The number of nitrogens with one attached hydrogen (secondary N) is 2. The quantitative estimate of drug-likeness (QED) is 0.561. The molecule has 1 aromatic heterocycles. The van der Waals surface area contributed by atoms with Crippen molar-refractivity contribution in [2.75, 3.05) is 13.2 Å².